The van der Waals surface area contributed by atoms with E-state index in [1.807, 2.05) is 23.1 Å². The number of hydrogen-bond acceptors (Lipinski definition) is 6. The SMILES string of the molecule is O=C(CCO)N1CCOC2CC(COc3ccccn3)CC21.O=C(O)C(F)(F)F. The molecule has 2 fully saturated rings. The molecule has 1 aliphatic heterocycles. The quantitative estimate of drug-likeness (QED) is 0.743. The van der Waals surface area contributed by atoms with E-state index in [1.54, 1.807) is 6.20 Å². The maximum Gasteiger partial charge on any atom is 0.490 e. The van der Waals surface area contributed by atoms with Crippen molar-refractivity contribution < 1.29 is 42.4 Å². The molecular formula is C18H23F3N2O6. The van der Waals surface area contributed by atoms with Gasteiger partial charge in [0, 0.05) is 25.2 Å². The van der Waals surface area contributed by atoms with Crippen LogP contribution in [0.15, 0.2) is 24.4 Å². The molecule has 0 spiro atoms. The Balaban J connectivity index is 0.000000370. The molecule has 8 nitrogen and oxygen atoms in total. The molecule has 3 rings (SSSR count). The Morgan fingerprint density at radius 1 is 1.31 bits per heavy atom. The number of halogens is 3. The van der Waals surface area contributed by atoms with Crippen LogP contribution in [0.4, 0.5) is 13.2 Å². The number of aliphatic hydroxyl groups is 1. The second kappa shape index (κ2) is 10.4. The standard InChI is InChI=1S/C16H22N2O4.C2HF3O2/c19-7-4-16(20)18-6-8-21-14-10-12(9-13(14)18)11-22-15-3-1-2-5-17-15;3-2(4,5)1(6)7/h1-3,5,12-14,19H,4,6-11H2;(H,6,7). The van der Waals surface area contributed by atoms with Crippen molar-refractivity contribution in [2.75, 3.05) is 26.4 Å². The number of pyridine rings is 1. The van der Waals surface area contributed by atoms with Crippen LogP contribution < -0.4 is 4.74 Å². The highest BCUT2D eigenvalue weighted by Gasteiger charge is 2.42. The normalized spacial score (nSPS) is 23.6. The predicted octanol–water partition coefficient (Wildman–Crippen LogP) is 1.48. The van der Waals surface area contributed by atoms with Crippen molar-refractivity contribution in [3.63, 3.8) is 0 Å². The molecule has 2 aliphatic rings. The molecule has 0 bridgehead atoms. The fraction of sp³-hybridized carbons (Fsp3) is 0.611. The summed E-state index contributed by atoms with van der Waals surface area (Å²) in [5.74, 6) is -1.74. The molecule has 162 valence electrons. The maximum atomic E-state index is 12.1. The van der Waals surface area contributed by atoms with E-state index in [4.69, 9.17) is 24.5 Å². The third-order valence-corrected chi connectivity index (χ3v) is 4.63. The zero-order valence-corrected chi connectivity index (χ0v) is 15.5. The molecule has 1 aliphatic carbocycles. The average Bonchev–Trinajstić information content (AvgIpc) is 3.10. The summed E-state index contributed by atoms with van der Waals surface area (Å²) in [6, 6.07) is 5.71. The highest BCUT2D eigenvalue weighted by atomic mass is 19.4. The number of carbonyl (C=O) groups is 2. The second-order valence-electron chi connectivity index (χ2n) is 6.66. The lowest BCUT2D eigenvalue weighted by Gasteiger charge is -2.37. The number of amides is 1. The van der Waals surface area contributed by atoms with E-state index in [0.29, 0.717) is 31.6 Å². The van der Waals surface area contributed by atoms with Crippen LogP contribution in [0.2, 0.25) is 0 Å². The lowest BCUT2D eigenvalue weighted by Crippen LogP contribution is -2.51. The number of hydrogen-bond donors (Lipinski definition) is 2. The Kier molecular flexibility index (Phi) is 8.21. The number of ether oxygens (including phenoxy) is 2. The Hall–Kier alpha value is -2.40. The van der Waals surface area contributed by atoms with Gasteiger partial charge in [-0.1, -0.05) is 6.07 Å². The predicted molar refractivity (Wildman–Crippen MR) is 93.1 cm³/mol. The number of aromatic nitrogens is 1. The summed E-state index contributed by atoms with van der Waals surface area (Å²) in [6.45, 7) is 1.69. The molecule has 1 amide bonds. The first-order chi connectivity index (χ1) is 13.7. The van der Waals surface area contributed by atoms with Gasteiger partial charge in [-0.05, 0) is 24.8 Å². The molecule has 2 heterocycles. The van der Waals surface area contributed by atoms with Crippen LogP contribution in [0.3, 0.4) is 0 Å². The second-order valence-corrected chi connectivity index (χ2v) is 6.66. The van der Waals surface area contributed by atoms with Crippen LogP contribution in [0.1, 0.15) is 19.3 Å². The third-order valence-electron chi connectivity index (χ3n) is 4.63. The van der Waals surface area contributed by atoms with E-state index in [-0.39, 0.29) is 31.1 Å². The topological polar surface area (TPSA) is 109 Å². The third kappa shape index (κ3) is 6.86. The Bertz CT molecular complexity index is 673. The summed E-state index contributed by atoms with van der Waals surface area (Å²) in [5, 5.41) is 16.1. The number of rotatable bonds is 5. The highest BCUT2D eigenvalue weighted by Crippen LogP contribution is 2.34. The molecular weight excluding hydrogens is 397 g/mol. The van der Waals surface area contributed by atoms with Crippen molar-refractivity contribution in [3.8, 4) is 5.88 Å². The number of fused-ring (bicyclic) bond motifs is 1. The fourth-order valence-electron chi connectivity index (χ4n) is 3.37. The summed E-state index contributed by atoms with van der Waals surface area (Å²) in [7, 11) is 0. The van der Waals surface area contributed by atoms with Crippen LogP contribution >= 0.6 is 0 Å². The van der Waals surface area contributed by atoms with E-state index in [1.165, 1.54) is 0 Å². The summed E-state index contributed by atoms with van der Waals surface area (Å²) in [4.78, 5) is 27.0. The van der Waals surface area contributed by atoms with E-state index >= 15 is 0 Å². The summed E-state index contributed by atoms with van der Waals surface area (Å²) >= 11 is 0. The van der Waals surface area contributed by atoms with Crippen molar-refractivity contribution in [1.82, 2.24) is 9.88 Å². The number of aliphatic hydroxyl groups excluding tert-OH is 1. The lowest BCUT2D eigenvalue weighted by molar-refractivity contribution is -0.192. The van der Waals surface area contributed by atoms with Gasteiger partial charge in [-0.25, -0.2) is 9.78 Å². The number of morpholine rings is 1. The minimum atomic E-state index is -5.08. The number of carbonyl (C=O) groups excluding carboxylic acids is 1. The summed E-state index contributed by atoms with van der Waals surface area (Å²) < 4.78 is 43.3. The van der Waals surface area contributed by atoms with Crippen molar-refractivity contribution in [3.05, 3.63) is 24.4 Å². The zero-order valence-electron chi connectivity index (χ0n) is 15.5. The monoisotopic (exact) mass is 420 g/mol. The molecule has 1 aromatic heterocycles. The van der Waals surface area contributed by atoms with Gasteiger partial charge in [-0.2, -0.15) is 13.2 Å². The first-order valence-corrected chi connectivity index (χ1v) is 9.08. The molecule has 2 N–H and O–H groups in total. The van der Waals surface area contributed by atoms with E-state index in [0.717, 1.165) is 12.8 Å². The van der Waals surface area contributed by atoms with Crippen molar-refractivity contribution in [2.24, 2.45) is 5.92 Å². The molecule has 29 heavy (non-hydrogen) atoms. The summed E-state index contributed by atoms with van der Waals surface area (Å²) in [6.07, 6.45) is -1.30. The van der Waals surface area contributed by atoms with Gasteiger partial charge in [0.05, 0.1) is 32.0 Å². The zero-order chi connectivity index (χ0) is 21.4. The lowest BCUT2D eigenvalue weighted by atomic mass is 10.1. The van der Waals surface area contributed by atoms with Crippen LogP contribution in [0.5, 0.6) is 5.88 Å². The van der Waals surface area contributed by atoms with Crippen LogP contribution in [0.25, 0.3) is 0 Å². The Morgan fingerprint density at radius 3 is 2.62 bits per heavy atom. The van der Waals surface area contributed by atoms with Crippen LogP contribution in [0, 0.1) is 5.92 Å². The van der Waals surface area contributed by atoms with Crippen LogP contribution in [-0.2, 0) is 14.3 Å². The molecule has 3 unspecified atom stereocenters. The Morgan fingerprint density at radius 2 is 2.03 bits per heavy atom. The maximum absolute atomic E-state index is 12.1. The number of carboxylic acids is 1. The minimum absolute atomic E-state index is 0.0205. The number of carboxylic acid groups (broad SMARTS) is 1. The van der Waals surface area contributed by atoms with Gasteiger partial charge in [0.25, 0.3) is 0 Å². The fourth-order valence-corrected chi connectivity index (χ4v) is 3.37. The molecule has 11 heteroatoms. The van der Waals surface area contributed by atoms with Gasteiger partial charge in [0.15, 0.2) is 0 Å². The molecule has 1 saturated heterocycles. The smallest absolute Gasteiger partial charge is 0.477 e. The van der Waals surface area contributed by atoms with Gasteiger partial charge in [-0.3, -0.25) is 4.79 Å². The molecule has 0 aromatic carbocycles. The average molecular weight is 420 g/mol. The number of aliphatic carboxylic acids is 1. The van der Waals surface area contributed by atoms with Crippen molar-refractivity contribution in [1.29, 1.82) is 0 Å². The molecule has 0 radical (unpaired) electrons. The van der Waals surface area contributed by atoms with Gasteiger partial charge >= 0.3 is 12.1 Å². The molecule has 1 aromatic rings. The van der Waals surface area contributed by atoms with E-state index < -0.39 is 12.1 Å². The molecule has 3 atom stereocenters. The van der Waals surface area contributed by atoms with Crippen LogP contribution in [-0.4, -0.2) is 76.7 Å². The van der Waals surface area contributed by atoms with E-state index in [2.05, 4.69) is 4.98 Å². The van der Waals surface area contributed by atoms with Crippen molar-refractivity contribution in [2.45, 2.75) is 37.6 Å². The highest BCUT2D eigenvalue weighted by molar-refractivity contribution is 5.76. The first kappa shape index (κ1) is 22.9. The van der Waals surface area contributed by atoms with Crippen molar-refractivity contribution >= 4 is 11.9 Å². The number of alkyl halides is 3. The Labute approximate surface area is 165 Å². The van der Waals surface area contributed by atoms with Gasteiger partial charge < -0.3 is 24.6 Å². The van der Waals surface area contributed by atoms with Gasteiger partial charge in [-0.15, -0.1) is 0 Å². The first-order valence-electron chi connectivity index (χ1n) is 9.08. The largest absolute Gasteiger partial charge is 0.490 e. The van der Waals surface area contributed by atoms with Gasteiger partial charge in [0.1, 0.15) is 0 Å². The number of nitrogens with zero attached hydrogens (tertiary/aromatic N) is 2. The van der Waals surface area contributed by atoms with Gasteiger partial charge in [0.2, 0.25) is 11.8 Å². The minimum Gasteiger partial charge on any atom is -0.477 e. The summed E-state index contributed by atoms with van der Waals surface area (Å²) in [5.41, 5.74) is 0. The van der Waals surface area contributed by atoms with E-state index in [9.17, 15) is 18.0 Å². The molecule has 1 saturated carbocycles.